The first kappa shape index (κ1) is 18.4. The van der Waals surface area contributed by atoms with Gasteiger partial charge in [-0.1, -0.05) is 18.2 Å². The van der Waals surface area contributed by atoms with E-state index in [1.807, 2.05) is 43.3 Å². The molecule has 25 heavy (non-hydrogen) atoms. The summed E-state index contributed by atoms with van der Waals surface area (Å²) in [5.41, 5.74) is 3.90. The van der Waals surface area contributed by atoms with E-state index >= 15 is 0 Å². The van der Waals surface area contributed by atoms with E-state index in [1.165, 1.54) is 0 Å². The fourth-order valence-corrected chi connectivity index (χ4v) is 2.30. The number of aryl methyl sites for hydroxylation is 1. The highest BCUT2D eigenvalue weighted by molar-refractivity contribution is 5.93. The summed E-state index contributed by atoms with van der Waals surface area (Å²) in [4.78, 5) is 22.0. The van der Waals surface area contributed by atoms with Gasteiger partial charge in [0.25, 0.3) is 5.91 Å². The number of benzene rings is 1. The molecule has 0 bridgehead atoms. The second-order valence-corrected chi connectivity index (χ2v) is 5.94. The lowest BCUT2D eigenvalue weighted by atomic mass is 10.1. The average Bonchev–Trinajstić information content (AvgIpc) is 2.63. The molecule has 0 atom stereocenters. The van der Waals surface area contributed by atoms with Crippen molar-refractivity contribution in [3.63, 3.8) is 0 Å². The van der Waals surface area contributed by atoms with E-state index in [9.17, 15) is 4.79 Å². The molecule has 1 amide bonds. The van der Waals surface area contributed by atoms with Gasteiger partial charge in [-0.05, 0) is 36.2 Å². The zero-order valence-electron chi connectivity index (χ0n) is 15.2. The molecule has 0 aliphatic rings. The van der Waals surface area contributed by atoms with E-state index in [0.29, 0.717) is 24.6 Å². The highest BCUT2D eigenvalue weighted by atomic mass is 16.2. The van der Waals surface area contributed by atoms with Gasteiger partial charge in [0.05, 0.1) is 12.2 Å². The van der Waals surface area contributed by atoms with E-state index < -0.39 is 0 Å². The zero-order valence-corrected chi connectivity index (χ0v) is 15.2. The molecule has 6 heteroatoms. The molecule has 1 heterocycles. The van der Waals surface area contributed by atoms with Gasteiger partial charge in [0.15, 0.2) is 5.96 Å². The minimum absolute atomic E-state index is 0.00252. The SMILES string of the molecule is CN=C(NCc1ccc(C(=O)N(C)C)cc1)NCc1ncccc1C. The molecule has 2 N–H and O–H groups in total. The van der Waals surface area contributed by atoms with Crippen LogP contribution in [-0.2, 0) is 13.1 Å². The van der Waals surface area contributed by atoms with Gasteiger partial charge in [-0.2, -0.15) is 0 Å². The molecule has 2 rings (SSSR count). The number of aromatic nitrogens is 1. The number of carbonyl (C=O) groups excluding carboxylic acids is 1. The first-order valence-corrected chi connectivity index (χ1v) is 8.17. The van der Waals surface area contributed by atoms with Gasteiger partial charge in [0, 0.05) is 39.4 Å². The number of hydrogen-bond acceptors (Lipinski definition) is 3. The number of hydrogen-bond donors (Lipinski definition) is 2. The van der Waals surface area contributed by atoms with Crippen LogP contribution in [0, 0.1) is 6.92 Å². The zero-order chi connectivity index (χ0) is 18.2. The largest absolute Gasteiger partial charge is 0.352 e. The second kappa shape index (κ2) is 8.82. The summed E-state index contributed by atoms with van der Waals surface area (Å²) in [6.07, 6.45) is 1.79. The van der Waals surface area contributed by atoms with Crippen molar-refractivity contribution in [1.29, 1.82) is 0 Å². The van der Waals surface area contributed by atoms with Gasteiger partial charge >= 0.3 is 0 Å². The lowest BCUT2D eigenvalue weighted by Gasteiger charge is -2.13. The summed E-state index contributed by atoms with van der Waals surface area (Å²) in [5.74, 6) is 0.709. The van der Waals surface area contributed by atoms with E-state index in [2.05, 4.69) is 20.6 Å². The number of carbonyl (C=O) groups is 1. The lowest BCUT2D eigenvalue weighted by molar-refractivity contribution is 0.0827. The summed E-state index contributed by atoms with van der Waals surface area (Å²) in [6, 6.07) is 11.5. The smallest absolute Gasteiger partial charge is 0.253 e. The van der Waals surface area contributed by atoms with Gasteiger partial charge in [-0.3, -0.25) is 14.8 Å². The normalized spacial score (nSPS) is 11.1. The molecule has 0 aliphatic heterocycles. The second-order valence-electron chi connectivity index (χ2n) is 5.94. The Morgan fingerprint density at radius 3 is 2.40 bits per heavy atom. The van der Waals surface area contributed by atoms with Crippen LogP contribution in [0.3, 0.4) is 0 Å². The highest BCUT2D eigenvalue weighted by Crippen LogP contribution is 2.06. The molecule has 2 aromatic rings. The minimum atomic E-state index is 0.00252. The van der Waals surface area contributed by atoms with Crippen molar-refractivity contribution in [3.05, 3.63) is 65.0 Å². The predicted octanol–water partition coefficient (Wildman–Crippen LogP) is 1.96. The fourth-order valence-electron chi connectivity index (χ4n) is 2.30. The Labute approximate surface area is 149 Å². The molecule has 6 nitrogen and oxygen atoms in total. The molecule has 0 saturated heterocycles. The van der Waals surface area contributed by atoms with Crippen LogP contribution in [0.2, 0.25) is 0 Å². The van der Waals surface area contributed by atoms with Crippen LogP contribution in [-0.4, -0.2) is 42.9 Å². The van der Waals surface area contributed by atoms with E-state index in [1.54, 1.807) is 32.2 Å². The summed E-state index contributed by atoms with van der Waals surface area (Å²) >= 11 is 0. The summed E-state index contributed by atoms with van der Waals surface area (Å²) in [7, 11) is 5.23. The third-order valence-electron chi connectivity index (χ3n) is 3.83. The van der Waals surface area contributed by atoms with Gasteiger partial charge < -0.3 is 15.5 Å². The van der Waals surface area contributed by atoms with Crippen LogP contribution >= 0.6 is 0 Å². The molecule has 0 fully saturated rings. The Hall–Kier alpha value is -2.89. The Balaban J connectivity index is 1.88. The maximum Gasteiger partial charge on any atom is 0.253 e. The lowest BCUT2D eigenvalue weighted by Crippen LogP contribution is -2.36. The molecule has 0 radical (unpaired) electrons. The monoisotopic (exact) mass is 339 g/mol. The Kier molecular flexibility index (Phi) is 6.51. The molecular weight excluding hydrogens is 314 g/mol. The number of aliphatic imine (C=N–C) groups is 1. The maximum absolute atomic E-state index is 11.9. The number of guanidine groups is 1. The number of rotatable bonds is 5. The van der Waals surface area contributed by atoms with Crippen LogP contribution in [0.4, 0.5) is 0 Å². The standard InChI is InChI=1S/C19H25N5O/c1-14-6-5-11-21-17(14)13-23-19(20-2)22-12-15-7-9-16(10-8-15)18(25)24(3)4/h5-11H,12-13H2,1-4H3,(H2,20,22,23). The minimum Gasteiger partial charge on any atom is -0.352 e. The Bertz CT molecular complexity index is 738. The van der Waals surface area contributed by atoms with Gasteiger partial charge in [0.1, 0.15) is 0 Å². The fraction of sp³-hybridized carbons (Fsp3) is 0.316. The Morgan fingerprint density at radius 1 is 1.12 bits per heavy atom. The highest BCUT2D eigenvalue weighted by Gasteiger charge is 2.07. The number of pyridine rings is 1. The number of nitrogens with zero attached hydrogens (tertiary/aromatic N) is 3. The topological polar surface area (TPSA) is 69.6 Å². The predicted molar refractivity (Wildman–Crippen MR) is 100 cm³/mol. The van der Waals surface area contributed by atoms with E-state index in [0.717, 1.165) is 16.8 Å². The molecule has 0 aliphatic carbocycles. The number of amides is 1. The molecule has 0 unspecified atom stereocenters. The van der Waals surface area contributed by atoms with Crippen molar-refractivity contribution < 1.29 is 4.79 Å². The van der Waals surface area contributed by atoms with E-state index in [4.69, 9.17) is 0 Å². The van der Waals surface area contributed by atoms with Crippen molar-refractivity contribution in [3.8, 4) is 0 Å². The summed E-state index contributed by atoms with van der Waals surface area (Å²) < 4.78 is 0. The third-order valence-corrected chi connectivity index (χ3v) is 3.83. The van der Waals surface area contributed by atoms with E-state index in [-0.39, 0.29) is 5.91 Å². The van der Waals surface area contributed by atoms with Crippen LogP contribution < -0.4 is 10.6 Å². The van der Waals surface area contributed by atoms with Gasteiger partial charge in [-0.25, -0.2) is 0 Å². The van der Waals surface area contributed by atoms with Crippen molar-refractivity contribution in [2.24, 2.45) is 4.99 Å². The van der Waals surface area contributed by atoms with Crippen molar-refractivity contribution >= 4 is 11.9 Å². The van der Waals surface area contributed by atoms with Gasteiger partial charge in [0.2, 0.25) is 0 Å². The van der Waals surface area contributed by atoms with Crippen LogP contribution in [0.15, 0.2) is 47.6 Å². The molecule has 0 saturated carbocycles. The molecule has 1 aromatic heterocycles. The summed E-state index contributed by atoms with van der Waals surface area (Å²) in [5, 5.41) is 6.52. The van der Waals surface area contributed by atoms with Gasteiger partial charge in [-0.15, -0.1) is 0 Å². The molecule has 0 spiro atoms. The third kappa shape index (κ3) is 5.31. The van der Waals surface area contributed by atoms with Crippen molar-refractivity contribution in [2.75, 3.05) is 21.1 Å². The first-order chi connectivity index (χ1) is 12.0. The first-order valence-electron chi connectivity index (χ1n) is 8.17. The maximum atomic E-state index is 11.9. The van der Waals surface area contributed by atoms with Crippen LogP contribution in [0.25, 0.3) is 0 Å². The number of nitrogens with one attached hydrogen (secondary N) is 2. The average molecular weight is 339 g/mol. The molecule has 132 valence electrons. The molecule has 1 aromatic carbocycles. The Morgan fingerprint density at radius 2 is 1.80 bits per heavy atom. The van der Waals surface area contributed by atoms with Crippen molar-refractivity contribution in [1.82, 2.24) is 20.5 Å². The van der Waals surface area contributed by atoms with Crippen LogP contribution in [0.1, 0.15) is 27.2 Å². The summed E-state index contributed by atoms with van der Waals surface area (Å²) in [6.45, 7) is 3.27. The van der Waals surface area contributed by atoms with Crippen LogP contribution in [0.5, 0.6) is 0 Å². The van der Waals surface area contributed by atoms with Crippen molar-refractivity contribution in [2.45, 2.75) is 20.0 Å². The molecular formula is C19H25N5O. The quantitative estimate of drug-likeness (QED) is 0.645.